The van der Waals surface area contributed by atoms with Crippen molar-refractivity contribution in [3.05, 3.63) is 83.9 Å². The summed E-state index contributed by atoms with van der Waals surface area (Å²) in [5.41, 5.74) is 3.97. The molecule has 4 rings (SSSR count). The van der Waals surface area contributed by atoms with E-state index in [1.807, 2.05) is 72.3 Å². The number of amides is 1. The highest BCUT2D eigenvalue weighted by atomic mass is 16.5. The largest absolute Gasteiger partial charge is 0.494 e. The summed E-state index contributed by atoms with van der Waals surface area (Å²) >= 11 is 0. The van der Waals surface area contributed by atoms with Gasteiger partial charge in [-0.25, -0.2) is 4.68 Å². The van der Waals surface area contributed by atoms with E-state index in [0.29, 0.717) is 29.9 Å². The van der Waals surface area contributed by atoms with Gasteiger partial charge in [0.1, 0.15) is 11.3 Å². The van der Waals surface area contributed by atoms with E-state index in [1.54, 1.807) is 12.1 Å². The van der Waals surface area contributed by atoms with E-state index in [0.717, 1.165) is 16.8 Å². The summed E-state index contributed by atoms with van der Waals surface area (Å²) in [6, 6.07) is 22.8. The van der Waals surface area contributed by atoms with E-state index >= 15 is 0 Å². The molecule has 0 aliphatic carbocycles. The fourth-order valence-electron chi connectivity index (χ4n) is 2.99. The number of ether oxygens (including phenoxy) is 1. The Balaban J connectivity index is 1.50. The van der Waals surface area contributed by atoms with E-state index in [-0.39, 0.29) is 5.91 Å². The van der Waals surface area contributed by atoms with Crippen molar-refractivity contribution in [2.75, 3.05) is 11.9 Å². The first-order valence-corrected chi connectivity index (χ1v) is 9.14. The van der Waals surface area contributed by atoms with Crippen LogP contribution in [-0.4, -0.2) is 27.5 Å². The second-order valence-corrected chi connectivity index (χ2v) is 6.35. The molecule has 0 spiro atoms. The molecule has 28 heavy (non-hydrogen) atoms. The van der Waals surface area contributed by atoms with E-state index in [4.69, 9.17) is 4.74 Å². The van der Waals surface area contributed by atoms with Gasteiger partial charge in [0.05, 0.1) is 18.7 Å². The van der Waals surface area contributed by atoms with Gasteiger partial charge < -0.3 is 10.1 Å². The van der Waals surface area contributed by atoms with Gasteiger partial charge in [0.25, 0.3) is 5.91 Å². The Morgan fingerprint density at radius 3 is 2.57 bits per heavy atom. The van der Waals surface area contributed by atoms with E-state index in [2.05, 4.69) is 15.6 Å². The highest BCUT2D eigenvalue weighted by molar-refractivity contribution is 6.05. The number of rotatable bonds is 6. The maximum Gasteiger partial charge on any atom is 0.255 e. The first-order valence-electron chi connectivity index (χ1n) is 9.14. The van der Waals surface area contributed by atoms with Gasteiger partial charge in [-0.1, -0.05) is 35.5 Å². The molecule has 1 amide bonds. The standard InChI is InChI=1S/C22H20N4O2/c1-2-28-19-11-9-18(10-12-19)23-22(27)17-8-13-21-20(14-17)24-25-26(21)15-16-6-4-3-5-7-16/h3-14H,2,15H2,1H3,(H,23,27). The fourth-order valence-corrected chi connectivity index (χ4v) is 2.99. The number of nitrogens with one attached hydrogen (secondary N) is 1. The van der Waals surface area contributed by atoms with Crippen molar-refractivity contribution in [1.29, 1.82) is 0 Å². The number of aromatic nitrogens is 3. The maximum atomic E-state index is 12.6. The topological polar surface area (TPSA) is 69.0 Å². The minimum atomic E-state index is -0.191. The molecule has 0 bridgehead atoms. The SMILES string of the molecule is CCOc1ccc(NC(=O)c2ccc3c(c2)nnn3Cc2ccccc2)cc1. The molecule has 0 fully saturated rings. The van der Waals surface area contributed by atoms with Crippen LogP contribution in [0.1, 0.15) is 22.8 Å². The Hall–Kier alpha value is -3.67. The molecule has 1 aromatic heterocycles. The molecule has 0 atom stereocenters. The van der Waals surface area contributed by atoms with Crippen LogP contribution in [0.3, 0.4) is 0 Å². The second kappa shape index (κ2) is 7.92. The number of hydrogen-bond donors (Lipinski definition) is 1. The number of hydrogen-bond acceptors (Lipinski definition) is 4. The maximum absolute atomic E-state index is 12.6. The van der Waals surface area contributed by atoms with Crippen molar-refractivity contribution < 1.29 is 9.53 Å². The van der Waals surface area contributed by atoms with Crippen molar-refractivity contribution in [1.82, 2.24) is 15.0 Å². The predicted molar refractivity (Wildman–Crippen MR) is 109 cm³/mol. The number of carbonyl (C=O) groups excluding carboxylic acids is 1. The van der Waals surface area contributed by atoms with Gasteiger partial charge in [-0.3, -0.25) is 4.79 Å². The molecule has 0 radical (unpaired) electrons. The first kappa shape index (κ1) is 17.7. The molecule has 140 valence electrons. The molecule has 0 aliphatic heterocycles. The number of nitrogens with zero attached hydrogens (tertiary/aromatic N) is 3. The molecule has 1 heterocycles. The van der Waals surface area contributed by atoms with Crippen LogP contribution in [-0.2, 0) is 6.54 Å². The lowest BCUT2D eigenvalue weighted by atomic mass is 10.1. The van der Waals surface area contributed by atoms with Crippen LogP contribution in [0.15, 0.2) is 72.8 Å². The van der Waals surface area contributed by atoms with Crippen molar-refractivity contribution in [3.63, 3.8) is 0 Å². The van der Waals surface area contributed by atoms with Crippen LogP contribution in [0.5, 0.6) is 5.75 Å². The summed E-state index contributed by atoms with van der Waals surface area (Å²) in [5, 5.41) is 11.3. The van der Waals surface area contributed by atoms with Crippen LogP contribution >= 0.6 is 0 Å². The van der Waals surface area contributed by atoms with Crippen molar-refractivity contribution in [3.8, 4) is 5.75 Å². The number of fused-ring (bicyclic) bond motifs is 1. The normalized spacial score (nSPS) is 10.8. The third-order valence-corrected chi connectivity index (χ3v) is 4.37. The summed E-state index contributed by atoms with van der Waals surface area (Å²) in [5.74, 6) is 0.584. The summed E-state index contributed by atoms with van der Waals surface area (Å²) in [4.78, 5) is 12.6. The summed E-state index contributed by atoms with van der Waals surface area (Å²) in [6.45, 7) is 3.17. The third kappa shape index (κ3) is 3.86. The molecule has 6 nitrogen and oxygen atoms in total. The summed E-state index contributed by atoms with van der Waals surface area (Å²) in [6.07, 6.45) is 0. The van der Waals surface area contributed by atoms with Crippen molar-refractivity contribution in [2.45, 2.75) is 13.5 Å². The zero-order chi connectivity index (χ0) is 19.3. The molecule has 0 saturated carbocycles. The van der Waals surface area contributed by atoms with Gasteiger partial charge >= 0.3 is 0 Å². The molecule has 0 aliphatic rings. The Morgan fingerprint density at radius 1 is 1.04 bits per heavy atom. The average Bonchev–Trinajstić information content (AvgIpc) is 3.12. The average molecular weight is 372 g/mol. The van der Waals surface area contributed by atoms with Gasteiger partial charge in [0.15, 0.2) is 0 Å². The minimum absolute atomic E-state index is 0.191. The molecule has 1 N–H and O–H groups in total. The minimum Gasteiger partial charge on any atom is -0.494 e. The molecular formula is C22H20N4O2. The van der Waals surface area contributed by atoms with E-state index in [1.165, 1.54) is 0 Å². The highest BCUT2D eigenvalue weighted by Crippen LogP contribution is 2.19. The number of benzene rings is 3. The Kier molecular flexibility index (Phi) is 5.01. The van der Waals surface area contributed by atoms with Gasteiger partial charge in [0, 0.05) is 11.3 Å². The summed E-state index contributed by atoms with van der Waals surface area (Å²) < 4.78 is 7.25. The van der Waals surface area contributed by atoms with Gasteiger partial charge in [-0.05, 0) is 55.0 Å². The second-order valence-electron chi connectivity index (χ2n) is 6.35. The van der Waals surface area contributed by atoms with Crippen molar-refractivity contribution in [2.24, 2.45) is 0 Å². The zero-order valence-corrected chi connectivity index (χ0v) is 15.5. The van der Waals surface area contributed by atoms with Crippen molar-refractivity contribution >= 4 is 22.6 Å². The van der Waals surface area contributed by atoms with Crippen LogP contribution in [0.2, 0.25) is 0 Å². The van der Waals surface area contributed by atoms with Crippen LogP contribution in [0.25, 0.3) is 11.0 Å². The fraction of sp³-hybridized carbons (Fsp3) is 0.136. The lowest BCUT2D eigenvalue weighted by Gasteiger charge is -2.07. The zero-order valence-electron chi connectivity index (χ0n) is 15.5. The Labute approximate surface area is 162 Å². The van der Waals surface area contributed by atoms with Crippen LogP contribution in [0, 0.1) is 0 Å². The predicted octanol–water partition coefficient (Wildman–Crippen LogP) is 4.13. The quantitative estimate of drug-likeness (QED) is 0.552. The van der Waals surface area contributed by atoms with Gasteiger partial charge in [0.2, 0.25) is 0 Å². The molecule has 3 aromatic carbocycles. The number of carbonyl (C=O) groups is 1. The van der Waals surface area contributed by atoms with E-state index < -0.39 is 0 Å². The van der Waals surface area contributed by atoms with Crippen LogP contribution in [0.4, 0.5) is 5.69 Å². The van der Waals surface area contributed by atoms with Gasteiger partial charge in [-0.2, -0.15) is 0 Å². The lowest BCUT2D eigenvalue weighted by molar-refractivity contribution is 0.102. The lowest BCUT2D eigenvalue weighted by Crippen LogP contribution is -2.11. The molecule has 4 aromatic rings. The molecule has 0 unspecified atom stereocenters. The molecular weight excluding hydrogens is 352 g/mol. The Morgan fingerprint density at radius 2 is 1.82 bits per heavy atom. The van der Waals surface area contributed by atoms with E-state index in [9.17, 15) is 4.79 Å². The monoisotopic (exact) mass is 372 g/mol. The third-order valence-electron chi connectivity index (χ3n) is 4.37. The van der Waals surface area contributed by atoms with Crippen LogP contribution < -0.4 is 10.1 Å². The Bertz CT molecular complexity index is 1090. The molecule has 6 heteroatoms. The van der Waals surface area contributed by atoms with Gasteiger partial charge in [-0.15, -0.1) is 5.10 Å². The highest BCUT2D eigenvalue weighted by Gasteiger charge is 2.11. The first-order chi connectivity index (χ1) is 13.7. The number of anilines is 1. The summed E-state index contributed by atoms with van der Waals surface area (Å²) in [7, 11) is 0. The smallest absolute Gasteiger partial charge is 0.255 e. The molecule has 0 saturated heterocycles.